The van der Waals surface area contributed by atoms with Gasteiger partial charge in [0.15, 0.2) is 0 Å². The molecule has 0 aliphatic heterocycles. The summed E-state index contributed by atoms with van der Waals surface area (Å²) in [6.07, 6.45) is 5.74. The number of pyridine rings is 1. The highest BCUT2D eigenvalue weighted by Crippen LogP contribution is 2.47. The first-order valence-electron chi connectivity index (χ1n) is 4.19. The van der Waals surface area contributed by atoms with Gasteiger partial charge < -0.3 is 0 Å². The molecule has 1 nitrogen and oxygen atoms in total. The molecule has 2 atom stereocenters. The van der Waals surface area contributed by atoms with E-state index in [1.54, 1.807) is 0 Å². The van der Waals surface area contributed by atoms with Crippen molar-refractivity contribution in [2.45, 2.75) is 18.3 Å². The van der Waals surface area contributed by atoms with Gasteiger partial charge in [0, 0.05) is 11.8 Å². The Balaban J connectivity index is 2.24. The molecule has 3 rings (SSSR count). The van der Waals surface area contributed by atoms with Gasteiger partial charge in [-0.05, 0) is 18.1 Å². The van der Waals surface area contributed by atoms with Crippen LogP contribution in [0.3, 0.4) is 0 Å². The fourth-order valence-corrected chi connectivity index (χ4v) is 2.36. The normalized spacial score (nSPS) is 29.4. The minimum absolute atomic E-state index is 0.545. The summed E-state index contributed by atoms with van der Waals surface area (Å²) in [6.45, 7) is 0. The van der Waals surface area contributed by atoms with Gasteiger partial charge >= 0.3 is 0 Å². The second-order valence-corrected chi connectivity index (χ2v) is 3.83. The zero-order valence-corrected chi connectivity index (χ0v) is 7.25. The average molecular weight is 178 g/mol. The Bertz CT molecular complexity index is 370. The van der Waals surface area contributed by atoms with E-state index in [-0.39, 0.29) is 0 Å². The van der Waals surface area contributed by atoms with Crippen LogP contribution in [-0.2, 0) is 0 Å². The molecule has 2 bridgehead atoms. The summed E-state index contributed by atoms with van der Waals surface area (Å²) in [6, 6.07) is 3.99. The molecule has 2 aliphatic carbocycles. The fraction of sp³-hybridized carbons (Fsp3) is 0.300. The van der Waals surface area contributed by atoms with Crippen LogP contribution in [0.15, 0.2) is 24.3 Å². The number of allylic oxidation sites excluding steroid dienone is 2. The van der Waals surface area contributed by atoms with E-state index in [1.807, 2.05) is 6.07 Å². The van der Waals surface area contributed by atoms with Crippen LogP contribution in [0.5, 0.6) is 0 Å². The summed E-state index contributed by atoms with van der Waals surface area (Å²) in [4.78, 5) is 4.35. The predicted octanol–water partition coefficient (Wildman–Crippen LogP) is 2.88. The fourth-order valence-electron chi connectivity index (χ4n) is 2.20. The van der Waals surface area contributed by atoms with Crippen molar-refractivity contribution in [3.05, 3.63) is 40.7 Å². The zero-order chi connectivity index (χ0) is 8.13. The lowest BCUT2D eigenvalue weighted by Crippen LogP contribution is -1.95. The van der Waals surface area contributed by atoms with Crippen molar-refractivity contribution in [3.63, 3.8) is 0 Å². The van der Waals surface area contributed by atoms with Crippen LogP contribution in [0.25, 0.3) is 0 Å². The van der Waals surface area contributed by atoms with Gasteiger partial charge in [-0.25, -0.2) is 4.98 Å². The van der Waals surface area contributed by atoms with Gasteiger partial charge in [-0.15, -0.1) is 0 Å². The average Bonchev–Trinajstić information content (AvgIpc) is 2.63. The topological polar surface area (TPSA) is 12.9 Å². The van der Waals surface area contributed by atoms with E-state index in [4.69, 9.17) is 11.6 Å². The van der Waals surface area contributed by atoms with Crippen molar-refractivity contribution in [1.29, 1.82) is 0 Å². The molecule has 2 unspecified atom stereocenters. The molecule has 12 heavy (non-hydrogen) atoms. The summed E-state index contributed by atoms with van der Waals surface area (Å²) in [5.41, 5.74) is 2.59. The Hall–Kier alpha value is -0.820. The van der Waals surface area contributed by atoms with E-state index in [9.17, 15) is 0 Å². The number of hydrogen-bond donors (Lipinski definition) is 0. The Labute approximate surface area is 76.1 Å². The third kappa shape index (κ3) is 0.721. The second-order valence-electron chi connectivity index (χ2n) is 3.44. The summed E-state index contributed by atoms with van der Waals surface area (Å²) in [5.74, 6) is 1.17. The monoisotopic (exact) mass is 177 g/mol. The van der Waals surface area contributed by atoms with E-state index in [0.717, 1.165) is 0 Å². The molecule has 1 heterocycles. The van der Waals surface area contributed by atoms with Gasteiger partial charge in [0.1, 0.15) is 5.15 Å². The van der Waals surface area contributed by atoms with Crippen molar-refractivity contribution >= 4 is 11.6 Å². The quantitative estimate of drug-likeness (QED) is 0.439. The molecule has 0 radical (unpaired) electrons. The van der Waals surface area contributed by atoms with Crippen molar-refractivity contribution in [3.8, 4) is 0 Å². The number of rotatable bonds is 0. The van der Waals surface area contributed by atoms with Crippen LogP contribution in [0.2, 0.25) is 5.15 Å². The molecular formula is C10H8ClN. The molecule has 0 amide bonds. The lowest BCUT2D eigenvalue weighted by Gasteiger charge is -2.08. The molecule has 0 saturated carbocycles. The second kappa shape index (κ2) is 2.11. The smallest absolute Gasteiger partial charge is 0.129 e. The predicted molar refractivity (Wildman–Crippen MR) is 48.5 cm³/mol. The van der Waals surface area contributed by atoms with Crippen molar-refractivity contribution in [2.24, 2.45) is 0 Å². The van der Waals surface area contributed by atoms with Crippen LogP contribution in [0.1, 0.15) is 29.5 Å². The van der Waals surface area contributed by atoms with Crippen LogP contribution in [-0.4, -0.2) is 4.98 Å². The van der Waals surface area contributed by atoms with Gasteiger partial charge in [-0.1, -0.05) is 29.8 Å². The van der Waals surface area contributed by atoms with Gasteiger partial charge in [0.25, 0.3) is 0 Å². The van der Waals surface area contributed by atoms with Gasteiger partial charge in [0.2, 0.25) is 0 Å². The molecule has 0 aromatic carbocycles. The number of aromatic nitrogens is 1. The minimum Gasteiger partial charge on any atom is -0.240 e. The lowest BCUT2D eigenvalue weighted by molar-refractivity contribution is 0.795. The van der Waals surface area contributed by atoms with Crippen molar-refractivity contribution in [1.82, 2.24) is 4.98 Å². The lowest BCUT2D eigenvalue weighted by atomic mass is 10.0. The molecule has 0 saturated heterocycles. The zero-order valence-electron chi connectivity index (χ0n) is 6.50. The third-order valence-electron chi connectivity index (χ3n) is 2.76. The van der Waals surface area contributed by atoms with E-state index < -0.39 is 0 Å². The van der Waals surface area contributed by atoms with Gasteiger partial charge in [-0.2, -0.15) is 0 Å². The van der Waals surface area contributed by atoms with Crippen molar-refractivity contribution < 1.29 is 0 Å². The van der Waals surface area contributed by atoms with Gasteiger partial charge in [-0.3, -0.25) is 0 Å². The molecule has 2 aliphatic rings. The first-order valence-corrected chi connectivity index (χ1v) is 4.57. The highest BCUT2D eigenvalue weighted by molar-refractivity contribution is 6.29. The highest BCUT2D eigenvalue weighted by atomic mass is 35.5. The molecule has 0 spiro atoms. The van der Waals surface area contributed by atoms with Crippen molar-refractivity contribution in [2.75, 3.05) is 0 Å². The minimum atomic E-state index is 0.545. The van der Waals surface area contributed by atoms with E-state index in [2.05, 4.69) is 23.2 Å². The largest absolute Gasteiger partial charge is 0.240 e. The van der Waals surface area contributed by atoms with Crippen LogP contribution in [0.4, 0.5) is 0 Å². The molecular weight excluding hydrogens is 170 g/mol. The Morgan fingerprint density at radius 1 is 1.25 bits per heavy atom. The Morgan fingerprint density at radius 3 is 3.00 bits per heavy atom. The molecule has 0 N–H and O–H groups in total. The van der Waals surface area contributed by atoms with E-state index >= 15 is 0 Å². The number of hydrogen-bond acceptors (Lipinski definition) is 1. The standard InChI is InChI=1S/C10H8ClN/c11-9-4-3-8-6-1-2-7(5-6)10(8)12-9/h1-4,6-7H,5H2. The summed E-state index contributed by atoms with van der Waals surface area (Å²) < 4.78 is 0. The maximum absolute atomic E-state index is 5.83. The number of nitrogens with zero attached hydrogens (tertiary/aromatic N) is 1. The molecule has 1 aromatic rings. The Morgan fingerprint density at radius 2 is 2.08 bits per heavy atom. The van der Waals surface area contributed by atoms with Crippen LogP contribution in [0, 0.1) is 0 Å². The van der Waals surface area contributed by atoms with E-state index in [0.29, 0.717) is 17.0 Å². The number of halogens is 1. The first kappa shape index (κ1) is 6.67. The summed E-state index contributed by atoms with van der Waals surface area (Å²) >= 11 is 5.83. The molecule has 1 aromatic heterocycles. The third-order valence-corrected chi connectivity index (χ3v) is 2.97. The maximum atomic E-state index is 5.83. The maximum Gasteiger partial charge on any atom is 0.129 e. The first-order chi connectivity index (χ1) is 5.84. The van der Waals surface area contributed by atoms with Crippen LogP contribution >= 0.6 is 11.6 Å². The Kier molecular flexibility index (Phi) is 1.17. The molecule has 0 fully saturated rings. The highest BCUT2D eigenvalue weighted by Gasteiger charge is 2.33. The summed E-state index contributed by atoms with van der Waals surface area (Å²) in [5, 5.41) is 0.620. The molecule has 60 valence electrons. The number of fused-ring (bicyclic) bond motifs is 5. The SMILES string of the molecule is Clc1ccc2c(n1)C1C=CC2C1. The molecule has 2 heteroatoms. The summed E-state index contributed by atoms with van der Waals surface area (Å²) in [7, 11) is 0. The van der Waals surface area contributed by atoms with Crippen LogP contribution < -0.4 is 0 Å². The van der Waals surface area contributed by atoms with Gasteiger partial charge in [0.05, 0.1) is 5.69 Å². The van der Waals surface area contributed by atoms with E-state index in [1.165, 1.54) is 17.7 Å².